The van der Waals surface area contributed by atoms with Crippen LogP contribution in [0, 0.1) is 0 Å². The summed E-state index contributed by atoms with van der Waals surface area (Å²) in [6.45, 7) is 2.16. The third-order valence-electron chi connectivity index (χ3n) is 5.05. The first kappa shape index (κ1) is 21.1. The zero-order chi connectivity index (χ0) is 21.6. The van der Waals surface area contributed by atoms with Crippen LogP contribution in [0.5, 0.6) is 5.88 Å². The Balaban J connectivity index is 1.67. The third-order valence-corrected chi connectivity index (χ3v) is 5.97. The van der Waals surface area contributed by atoms with Crippen molar-refractivity contribution in [3.05, 3.63) is 82.1 Å². The number of carbonyl (C=O) groups is 1. The summed E-state index contributed by atoms with van der Waals surface area (Å²) in [7, 11) is 0. The van der Waals surface area contributed by atoms with E-state index in [1.165, 1.54) is 4.57 Å². The zero-order valence-electron chi connectivity index (χ0n) is 16.9. The number of nitrogens with zero attached hydrogens (tertiary/aromatic N) is 3. The molecule has 2 heterocycles. The molecule has 1 fully saturated rings. The number of amides is 1. The van der Waals surface area contributed by atoms with Gasteiger partial charge in [-0.1, -0.05) is 60.3 Å². The van der Waals surface area contributed by atoms with Gasteiger partial charge in [-0.2, -0.15) is 4.98 Å². The van der Waals surface area contributed by atoms with Gasteiger partial charge in [0.25, 0.3) is 5.56 Å². The summed E-state index contributed by atoms with van der Waals surface area (Å²) in [5, 5.41) is 10.9. The molecular weight excluding hydrogens is 414 g/mol. The molecule has 4 rings (SSSR count). The van der Waals surface area contributed by atoms with Crippen molar-refractivity contribution in [2.24, 2.45) is 0 Å². The number of rotatable bonds is 6. The number of hydrogen-bond donors (Lipinski definition) is 1. The van der Waals surface area contributed by atoms with E-state index in [9.17, 15) is 14.7 Å². The fourth-order valence-corrected chi connectivity index (χ4v) is 4.32. The van der Waals surface area contributed by atoms with Gasteiger partial charge in [-0.25, -0.2) is 0 Å². The Bertz CT molecular complexity index is 1100. The first-order valence-corrected chi connectivity index (χ1v) is 11.0. The number of carbonyl (C=O) groups excluding carboxylic acids is 1. The van der Waals surface area contributed by atoms with Crippen LogP contribution in [0.25, 0.3) is 5.69 Å². The van der Waals surface area contributed by atoms with E-state index in [1.807, 2.05) is 48.5 Å². The van der Waals surface area contributed by atoms with Gasteiger partial charge < -0.3 is 14.7 Å². The van der Waals surface area contributed by atoms with E-state index in [0.29, 0.717) is 32.0 Å². The minimum absolute atomic E-state index is 0.0463. The number of para-hydroxylation sites is 1. The highest BCUT2D eigenvalue weighted by Gasteiger charge is 2.21. The normalized spacial score (nSPS) is 13.9. The molecule has 160 valence electrons. The second kappa shape index (κ2) is 9.80. The van der Waals surface area contributed by atoms with Crippen LogP contribution in [-0.2, 0) is 16.0 Å². The number of aromatic nitrogens is 2. The molecule has 1 aliphatic rings. The molecule has 0 aliphatic carbocycles. The molecule has 1 aliphatic heterocycles. The summed E-state index contributed by atoms with van der Waals surface area (Å²) in [6, 6.07) is 18.6. The monoisotopic (exact) mass is 437 g/mol. The molecule has 8 heteroatoms. The molecule has 2 aromatic carbocycles. The van der Waals surface area contributed by atoms with Gasteiger partial charge in [-0.15, -0.1) is 0 Å². The van der Waals surface area contributed by atoms with Crippen LogP contribution in [0.2, 0.25) is 0 Å². The van der Waals surface area contributed by atoms with Crippen molar-refractivity contribution in [2.75, 3.05) is 32.1 Å². The summed E-state index contributed by atoms with van der Waals surface area (Å²) >= 11 is 1.15. The Hall–Kier alpha value is -3.10. The van der Waals surface area contributed by atoms with E-state index in [0.717, 1.165) is 17.3 Å². The van der Waals surface area contributed by atoms with E-state index in [2.05, 4.69) is 4.98 Å². The van der Waals surface area contributed by atoms with Gasteiger partial charge in [0, 0.05) is 19.5 Å². The lowest BCUT2D eigenvalue weighted by molar-refractivity contribution is -0.132. The molecule has 0 saturated carbocycles. The van der Waals surface area contributed by atoms with Crippen molar-refractivity contribution >= 4 is 17.7 Å². The fraction of sp³-hybridized carbons (Fsp3) is 0.261. The second-order valence-corrected chi connectivity index (χ2v) is 8.06. The smallest absolute Gasteiger partial charge is 0.266 e. The molecule has 0 spiro atoms. The maximum absolute atomic E-state index is 13.4. The number of hydrogen-bond acceptors (Lipinski definition) is 6. The van der Waals surface area contributed by atoms with E-state index < -0.39 is 0 Å². The summed E-state index contributed by atoms with van der Waals surface area (Å²) in [5.41, 5.74) is 1.41. The molecule has 0 radical (unpaired) electrons. The van der Waals surface area contributed by atoms with E-state index >= 15 is 0 Å². The zero-order valence-corrected chi connectivity index (χ0v) is 17.8. The Morgan fingerprint density at radius 3 is 2.35 bits per heavy atom. The maximum atomic E-state index is 13.4. The average Bonchev–Trinajstić information content (AvgIpc) is 2.82. The van der Waals surface area contributed by atoms with Crippen molar-refractivity contribution < 1.29 is 14.6 Å². The van der Waals surface area contributed by atoms with Crippen LogP contribution in [-0.4, -0.2) is 57.5 Å². The van der Waals surface area contributed by atoms with Gasteiger partial charge in [0.05, 0.1) is 30.2 Å². The fourth-order valence-electron chi connectivity index (χ4n) is 3.41. The average molecular weight is 438 g/mol. The van der Waals surface area contributed by atoms with Gasteiger partial charge >= 0.3 is 0 Å². The summed E-state index contributed by atoms with van der Waals surface area (Å²) < 4.78 is 6.76. The van der Waals surface area contributed by atoms with Crippen LogP contribution < -0.4 is 5.56 Å². The van der Waals surface area contributed by atoms with Gasteiger partial charge in [0.2, 0.25) is 11.8 Å². The van der Waals surface area contributed by atoms with Gasteiger partial charge in [-0.05, 0) is 17.7 Å². The lowest BCUT2D eigenvalue weighted by Gasteiger charge is -2.26. The SMILES string of the molecule is O=C(CSc1nc(O)c(Cc2ccccc2)c(=O)n1-c1ccccc1)N1CCOCC1. The molecule has 1 amide bonds. The first-order chi connectivity index (χ1) is 15.1. The quantitative estimate of drug-likeness (QED) is 0.471. The Kier molecular flexibility index (Phi) is 6.69. The minimum Gasteiger partial charge on any atom is -0.493 e. The van der Waals surface area contributed by atoms with Crippen molar-refractivity contribution in [2.45, 2.75) is 11.6 Å². The largest absolute Gasteiger partial charge is 0.493 e. The van der Waals surface area contributed by atoms with E-state index in [1.54, 1.807) is 17.0 Å². The van der Waals surface area contributed by atoms with Crippen LogP contribution >= 0.6 is 11.8 Å². The van der Waals surface area contributed by atoms with Crippen LogP contribution in [0.3, 0.4) is 0 Å². The molecule has 1 aromatic heterocycles. The molecular formula is C23H23N3O4S. The van der Waals surface area contributed by atoms with Crippen molar-refractivity contribution in [3.8, 4) is 11.6 Å². The number of aromatic hydroxyl groups is 1. The summed E-state index contributed by atoms with van der Waals surface area (Å²) in [4.78, 5) is 32.0. The minimum atomic E-state index is -0.344. The highest BCUT2D eigenvalue weighted by atomic mass is 32.2. The molecule has 3 aromatic rings. The van der Waals surface area contributed by atoms with Crippen LogP contribution in [0.15, 0.2) is 70.6 Å². The van der Waals surface area contributed by atoms with Gasteiger partial charge in [0.1, 0.15) is 0 Å². The summed E-state index contributed by atoms with van der Waals surface area (Å²) in [6.07, 6.45) is 0.267. The van der Waals surface area contributed by atoms with Gasteiger partial charge in [-0.3, -0.25) is 14.2 Å². The van der Waals surface area contributed by atoms with Crippen molar-refractivity contribution in [1.82, 2.24) is 14.5 Å². The van der Waals surface area contributed by atoms with Gasteiger partial charge in [0.15, 0.2) is 5.16 Å². The number of morpholine rings is 1. The molecule has 1 saturated heterocycles. The molecule has 0 atom stereocenters. The highest BCUT2D eigenvalue weighted by molar-refractivity contribution is 7.99. The maximum Gasteiger partial charge on any atom is 0.266 e. The molecule has 1 N–H and O–H groups in total. The predicted molar refractivity (Wildman–Crippen MR) is 119 cm³/mol. The van der Waals surface area contributed by atoms with Crippen LogP contribution in [0.4, 0.5) is 0 Å². The molecule has 0 bridgehead atoms. The van der Waals surface area contributed by atoms with E-state index in [-0.39, 0.29) is 40.2 Å². The Labute approximate surface area is 184 Å². The predicted octanol–water partition coefficient (Wildman–Crippen LogP) is 2.48. The van der Waals surface area contributed by atoms with E-state index in [4.69, 9.17) is 4.74 Å². The third kappa shape index (κ3) is 4.98. The number of ether oxygens (including phenoxy) is 1. The molecule has 0 unspecified atom stereocenters. The highest BCUT2D eigenvalue weighted by Crippen LogP contribution is 2.24. The standard InChI is InChI=1S/C23H23N3O4S/c27-20(25-11-13-30-14-12-25)16-31-23-24-21(28)19(15-17-7-3-1-4-8-17)22(29)26(23)18-9-5-2-6-10-18/h1-10,28H,11-16H2. The second-order valence-electron chi connectivity index (χ2n) is 7.12. The molecule has 7 nitrogen and oxygen atoms in total. The van der Waals surface area contributed by atoms with Crippen molar-refractivity contribution in [1.29, 1.82) is 0 Å². The summed E-state index contributed by atoms with van der Waals surface area (Å²) in [5.74, 6) is -0.228. The Morgan fingerprint density at radius 1 is 1.03 bits per heavy atom. The lowest BCUT2D eigenvalue weighted by Crippen LogP contribution is -2.41. The topological polar surface area (TPSA) is 84.7 Å². The first-order valence-electron chi connectivity index (χ1n) is 10.1. The molecule has 31 heavy (non-hydrogen) atoms. The number of benzene rings is 2. The van der Waals surface area contributed by atoms with Crippen LogP contribution in [0.1, 0.15) is 11.1 Å². The number of thioether (sulfide) groups is 1. The lowest BCUT2D eigenvalue weighted by atomic mass is 10.1. The Morgan fingerprint density at radius 2 is 1.68 bits per heavy atom. The van der Waals surface area contributed by atoms with Crippen molar-refractivity contribution in [3.63, 3.8) is 0 Å².